The van der Waals surface area contributed by atoms with Gasteiger partial charge in [-0.25, -0.2) is 13.1 Å². The number of nitrogens with one attached hydrogen (secondary N) is 1. The second-order valence-electron chi connectivity index (χ2n) is 6.03. The number of benzene rings is 1. The fourth-order valence-electron chi connectivity index (χ4n) is 1.82. The first kappa shape index (κ1) is 18.0. The summed E-state index contributed by atoms with van der Waals surface area (Å²) in [5, 5.41) is 0. The van der Waals surface area contributed by atoms with Crippen LogP contribution in [-0.4, -0.2) is 15.5 Å². The lowest BCUT2D eigenvalue weighted by Gasteiger charge is -2.14. The van der Waals surface area contributed by atoms with Crippen molar-refractivity contribution in [1.82, 2.24) is 4.72 Å². The van der Waals surface area contributed by atoms with Crippen LogP contribution in [0.5, 0.6) is 0 Å². The number of hydrogen-bond acceptors (Lipinski definition) is 3. The van der Waals surface area contributed by atoms with Gasteiger partial charge in [0.25, 0.3) is 0 Å². The molecule has 0 aliphatic rings. The monoisotopic (exact) mass is 367 g/mol. The number of hydrogen-bond donors (Lipinski definition) is 1. The lowest BCUT2D eigenvalue weighted by molar-refractivity contribution is 0.588. The second-order valence-corrected chi connectivity index (χ2v) is 9.57. The van der Waals surface area contributed by atoms with Crippen LogP contribution in [0.1, 0.15) is 36.8 Å². The fraction of sp³-hybridized carbons (Fsp3) is 0.294. The van der Waals surface area contributed by atoms with E-state index >= 15 is 0 Å². The molecule has 1 aromatic carbocycles. The maximum Gasteiger partial charge on any atom is 0.240 e. The Morgan fingerprint density at radius 2 is 1.87 bits per heavy atom. The maximum atomic E-state index is 11.8. The molecule has 122 valence electrons. The summed E-state index contributed by atoms with van der Waals surface area (Å²) in [5.74, 6) is 6.01. The Morgan fingerprint density at radius 1 is 1.17 bits per heavy atom. The molecule has 0 unspecified atom stereocenters. The molecule has 0 spiro atoms. The lowest BCUT2D eigenvalue weighted by atomic mass is 9.94. The molecule has 0 aliphatic carbocycles. The molecule has 0 aliphatic heterocycles. The number of halogens is 1. The highest BCUT2D eigenvalue weighted by molar-refractivity contribution is 7.89. The van der Waals surface area contributed by atoms with E-state index in [1.165, 1.54) is 29.3 Å². The van der Waals surface area contributed by atoms with E-state index in [0.717, 1.165) is 5.56 Å². The highest BCUT2D eigenvalue weighted by Crippen LogP contribution is 2.35. The van der Waals surface area contributed by atoms with E-state index in [-0.39, 0.29) is 10.3 Å². The Bertz CT molecular complexity index is 881. The molecule has 23 heavy (non-hydrogen) atoms. The Balaban J connectivity index is 2.37. The largest absolute Gasteiger partial charge is 0.240 e. The Kier molecular flexibility index (Phi) is 5.22. The molecule has 2 rings (SSSR count). The molecule has 6 heteroatoms. The van der Waals surface area contributed by atoms with E-state index in [9.17, 15) is 8.42 Å². The Morgan fingerprint density at radius 3 is 2.43 bits per heavy atom. The van der Waals surface area contributed by atoms with Gasteiger partial charge in [0.1, 0.15) is 4.34 Å². The highest BCUT2D eigenvalue weighted by atomic mass is 35.5. The minimum atomic E-state index is -3.47. The van der Waals surface area contributed by atoms with Crippen LogP contribution in [0, 0.1) is 11.8 Å². The van der Waals surface area contributed by atoms with Gasteiger partial charge in [-0.3, -0.25) is 0 Å². The summed E-state index contributed by atoms with van der Waals surface area (Å²) in [6.07, 6.45) is 0. The number of rotatable bonds is 2. The minimum Gasteiger partial charge on any atom is -0.214 e. The van der Waals surface area contributed by atoms with Crippen molar-refractivity contribution in [1.29, 1.82) is 0 Å². The first-order chi connectivity index (χ1) is 10.6. The third-order valence-electron chi connectivity index (χ3n) is 3.18. The van der Waals surface area contributed by atoms with Crippen molar-refractivity contribution < 1.29 is 8.42 Å². The summed E-state index contributed by atoms with van der Waals surface area (Å²) in [7, 11) is -2.09. The predicted octanol–water partition coefficient (Wildman–Crippen LogP) is 4.01. The first-order valence-electron chi connectivity index (χ1n) is 6.99. The summed E-state index contributed by atoms with van der Waals surface area (Å²) in [6.45, 7) is 6.37. The third kappa shape index (κ3) is 4.36. The quantitative estimate of drug-likeness (QED) is 0.815. The van der Waals surface area contributed by atoms with Gasteiger partial charge in [0.15, 0.2) is 0 Å². The summed E-state index contributed by atoms with van der Waals surface area (Å²) < 4.78 is 26.6. The SMILES string of the molecule is CNS(=O)(=O)c1cccc(C#Cc2cc(C(C)(C)C)sc2Cl)c1. The molecule has 2 aromatic rings. The van der Waals surface area contributed by atoms with Crippen LogP contribution in [-0.2, 0) is 15.4 Å². The average molecular weight is 368 g/mol. The van der Waals surface area contributed by atoms with Crippen molar-refractivity contribution in [2.45, 2.75) is 31.1 Å². The van der Waals surface area contributed by atoms with Crippen LogP contribution >= 0.6 is 22.9 Å². The van der Waals surface area contributed by atoms with Gasteiger partial charge in [-0.1, -0.05) is 50.3 Å². The van der Waals surface area contributed by atoms with Gasteiger partial charge in [-0.05, 0) is 36.7 Å². The van der Waals surface area contributed by atoms with Crippen LogP contribution in [0.15, 0.2) is 35.2 Å². The lowest BCUT2D eigenvalue weighted by Crippen LogP contribution is -2.18. The molecule has 0 atom stereocenters. The molecule has 0 radical (unpaired) electrons. The highest BCUT2D eigenvalue weighted by Gasteiger charge is 2.18. The number of thiophene rings is 1. The van der Waals surface area contributed by atoms with E-state index < -0.39 is 10.0 Å². The molecule has 0 saturated carbocycles. The molecule has 0 saturated heterocycles. The van der Waals surface area contributed by atoms with Gasteiger partial charge >= 0.3 is 0 Å². The zero-order valence-electron chi connectivity index (χ0n) is 13.4. The zero-order valence-corrected chi connectivity index (χ0v) is 15.8. The molecule has 0 amide bonds. The van der Waals surface area contributed by atoms with Crippen molar-refractivity contribution in [3.8, 4) is 11.8 Å². The zero-order chi connectivity index (χ0) is 17.3. The first-order valence-corrected chi connectivity index (χ1v) is 9.67. The van der Waals surface area contributed by atoms with E-state index in [1.807, 2.05) is 6.07 Å². The summed E-state index contributed by atoms with van der Waals surface area (Å²) in [6, 6.07) is 8.51. The van der Waals surface area contributed by atoms with E-state index in [2.05, 4.69) is 37.3 Å². The molecule has 3 nitrogen and oxygen atoms in total. The summed E-state index contributed by atoms with van der Waals surface area (Å²) in [4.78, 5) is 1.36. The van der Waals surface area contributed by atoms with Gasteiger partial charge in [0, 0.05) is 10.4 Å². The van der Waals surface area contributed by atoms with Gasteiger partial charge in [0.2, 0.25) is 10.0 Å². The van der Waals surface area contributed by atoms with Crippen molar-refractivity contribution in [2.75, 3.05) is 7.05 Å². The van der Waals surface area contributed by atoms with Crippen LogP contribution in [0.2, 0.25) is 4.34 Å². The average Bonchev–Trinajstić information content (AvgIpc) is 2.87. The third-order valence-corrected chi connectivity index (χ3v) is 6.38. The van der Waals surface area contributed by atoms with Gasteiger partial charge in [0.05, 0.1) is 10.5 Å². The van der Waals surface area contributed by atoms with Gasteiger partial charge in [-0.2, -0.15) is 0 Å². The van der Waals surface area contributed by atoms with Crippen molar-refractivity contribution in [3.05, 3.63) is 50.7 Å². The van der Waals surface area contributed by atoms with Crippen molar-refractivity contribution in [3.63, 3.8) is 0 Å². The van der Waals surface area contributed by atoms with Crippen LogP contribution in [0.3, 0.4) is 0 Å². The topological polar surface area (TPSA) is 46.2 Å². The van der Waals surface area contributed by atoms with Crippen LogP contribution < -0.4 is 4.72 Å². The molecule has 0 fully saturated rings. The minimum absolute atomic E-state index is 0.0228. The molecule has 1 heterocycles. The Labute approximate surface area is 146 Å². The summed E-state index contributed by atoms with van der Waals surface area (Å²) in [5.41, 5.74) is 1.42. The van der Waals surface area contributed by atoms with Gasteiger partial charge in [-0.15, -0.1) is 11.3 Å². The van der Waals surface area contributed by atoms with Crippen molar-refractivity contribution >= 4 is 33.0 Å². The molecule has 1 aromatic heterocycles. The Hall–Kier alpha value is -1.32. The maximum absolute atomic E-state index is 11.8. The molecular weight excluding hydrogens is 350 g/mol. The fourth-order valence-corrected chi connectivity index (χ4v) is 3.84. The normalized spacial score (nSPS) is 11.9. The second kappa shape index (κ2) is 6.66. The molecule has 0 bridgehead atoms. The number of sulfonamides is 1. The standard InChI is InChI=1S/C17H18ClNO2S2/c1-17(2,3)15-11-13(16(18)22-15)9-8-12-6-5-7-14(10-12)23(20,21)19-4/h5-7,10-11,19H,1-4H3. The van der Waals surface area contributed by atoms with E-state index in [0.29, 0.717) is 9.90 Å². The van der Waals surface area contributed by atoms with Crippen LogP contribution in [0.4, 0.5) is 0 Å². The van der Waals surface area contributed by atoms with E-state index in [1.54, 1.807) is 18.2 Å². The predicted molar refractivity (Wildman–Crippen MR) is 96.7 cm³/mol. The van der Waals surface area contributed by atoms with E-state index in [4.69, 9.17) is 11.6 Å². The smallest absolute Gasteiger partial charge is 0.214 e. The van der Waals surface area contributed by atoms with Crippen molar-refractivity contribution in [2.24, 2.45) is 0 Å². The molecule has 1 N–H and O–H groups in total. The molecular formula is C17H18ClNO2S2. The van der Waals surface area contributed by atoms with Gasteiger partial charge < -0.3 is 0 Å². The van der Waals surface area contributed by atoms with Crippen LogP contribution in [0.25, 0.3) is 0 Å². The summed E-state index contributed by atoms with van der Waals surface area (Å²) >= 11 is 7.78.